The molecule has 3 aromatic rings. The van der Waals surface area contributed by atoms with Gasteiger partial charge in [-0.05, 0) is 6.07 Å². The maximum Gasteiger partial charge on any atom is 0.352 e. The molecule has 0 aromatic carbocycles. The van der Waals surface area contributed by atoms with Crippen LogP contribution in [-0.2, 0) is 25.8 Å². The van der Waals surface area contributed by atoms with Crippen molar-refractivity contribution in [2.75, 3.05) is 31.0 Å². The van der Waals surface area contributed by atoms with Gasteiger partial charge in [0.1, 0.15) is 29.9 Å². The van der Waals surface area contributed by atoms with E-state index in [2.05, 4.69) is 20.4 Å². The highest BCUT2D eigenvalue weighted by molar-refractivity contribution is 8.01. The van der Waals surface area contributed by atoms with Crippen molar-refractivity contribution < 1.29 is 34.0 Å². The molecule has 0 aliphatic carbocycles. The standard InChI is InChI=1S/C24H23N7O6S4/c1-37-29-16(15-11-40-23(25)26-15)19(33)28-17-20(34)31-18(22(35)36)13(9-39-21(17)31)8-30-4-2-3-12(7-30)14-10-41-24(27-14)38-6-5-32/h2-4,7,10-11,17,21,32H,5-6,8-9H2,1H3,(H3-,25,26,28,33,35,36)/p+1/b29-16-. The number of β-lactam (4-membered cyclic amide) rings is 1. The molecule has 0 bridgehead atoms. The molecule has 17 heteroatoms. The van der Waals surface area contributed by atoms with Crippen molar-refractivity contribution in [3.63, 3.8) is 0 Å². The number of anilines is 1. The van der Waals surface area contributed by atoms with E-state index in [4.69, 9.17) is 15.7 Å². The number of aliphatic hydroxyl groups is 1. The van der Waals surface area contributed by atoms with Crippen LogP contribution in [0.5, 0.6) is 0 Å². The maximum absolute atomic E-state index is 13.1. The maximum atomic E-state index is 13.1. The van der Waals surface area contributed by atoms with Gasteiger partial charge < -0.3 is 26.1 Å². The van der Waals surface area contributed by atoms with Gasteiger partial charge in [0.2, 0.25) is 0 Å². The topological polar surface area (TPSA) is 184 Å². The summed E-state index contributed by atoms with van der Waals surface area (Å²) in [5, 5.41) is 28.6. The summed E-state index contributed by atoms with van der Waals surface area (Å²) in [6, 6.07) is 2.82. The fourth-order valence-electron chi connectivity index (χ4n) is 4.29. The number of hydrogen-bond donors (Lipinski definition) is 4. The molecule has 2 unspecified atom stereocenters. The number of thiazole rings is 2. The van der Waals surface area contributed by atoms with E-state index in [-0.39, 0.29) is 35.4 Å². The number of carboxylic acid groups (broad SMARTS) is 1. The van der Waals surface area contributed by atoms with Crippen molar-refractivity contribution in [2.24, 2.45) is 5.16 Å². The number of rotatable bonds is 11. The zero-order valence-electron chi connectivity index (χ0n) is 21.4. The van der Waals surface area contributed by atoms with Crippen LogP contribution in [0.25, 0.3) is 11.3 Å². The number of nitrogens with zero attached hydrogens (tertiary/aromatic N) is 5. The number of aliphatic hydroxyl groups excluding tert-OH is 1. The van der Waals surface area contributed by atoms with E-state index in [9.17, 15) is 19.5 Å². The highest BCUT2D eigenvalue weighted by Crippen LogP contribution is 2.40. The number of carboxylic acids is 1. The monoisotopic (exact) mass is 634 g/mol. The van der Waals surface area contributed by atoms with Crippen LogP contribution < -0.4 is 15.6 Å². The number of carbonyl (C=O) groups excluding carboxylic acids is 2. The molecule has 1 saturated heterocycles. The molecule has 2 aliphatic rings. The van der Waals surface area contributed by atoms with Crippen molar-refractivity contribution in [3.8, 4) is 11.3 Å². The Morgan fingerprint density at radius 2 is 2.17 bits per heavy atom. The predicted octanol–water partition coefficient (Wildman–Crippen LogP) is 1.01. The first-order valence-corrected chi connectivity index (χ1v) is 15.8. The summed E-state index contributed by atoms with van der Waals surface area (Å²) in [5.41, 5.74) is 7.85. The number of aliphatic carboxylic acids is 1. The van der Waals surface area contributed by atoms with E-state index in [0.29, 0.717) is 17.1 Å². The molecule has 214 valence electrons. The van der Waals surface area contributed by atoms with E-state index in [1.54, 1.807) is 5.38 Å². The van der Waals surface area contributed by atoms with Crippen molar-refractivity contribution >= 4 is 74.8 Å². The second-order valence-corrected chi connectivity index (χ2v) is 12.8. The number of nitrogens with two attached hydrogens (primary N) is 1. The number of pyridine rings is 1. The van der Waals surface area contributed by atoms with E-state index in [1.807, 2.05) is 34.5 Å². The summed E-state index contributed by atoms with van der Waals surface area (Å²) in [6.07, 6.45) is 3.70. The van der Waals surface area contributed by atoms with Crippen molar-refractivity contribution in [3.05, 3.63) is 52.3 Å². The Morgan fingerprint density at radius 3 is 2.88 bits per heavy atom. The third-order valence-electron chi connectivity index (χ3n) is 6.03. The minimum absolute atomic E-state index is 0.0721. The summed E-state index contributed by atoms with van der Waals surface area (Å²) < 4.78 is 2.70. The largest absolute Gasteiger partial charge is 0.477 e. The molecule has 3 aromatic heterocycles. The summed E-state index contributed by atoms with van der Waals surface area (Å²) in [5.74, 6) is -1.52. The average Bonchev–Trinajstić information content (AvgIpc) is 3.62. The van der Waals surface area contributed by atoms with Gasteiger partial charge in [0, 0.05) is 33.9 Å². The van der Waals surface area contributed by atoms with Gasteiger partial charge in [0.25, 0.3) is 11.8 Å². The van der Waals surface area contributed by atoms with Gasteiger partial charge >= 0.3 is 5.97 Å². The normalized spacial score (nSPS) is 18.6. The average molecular weight is 635 g/mol. The fraction of sp³-hybridized carbons (Fsp3) is 0.292. The van der Waals surface area contributed by atoms with Gasteiger partial charge in [-0.2, -0.15) is 0 Å². The number of hydrogen-bond acceptors (Lipinski definition) is 13. The van der Waals surface area contributed by atoms with Crippen molar-refractivity contribution in [2.45, 2.75) is 22.3 Å². The van der Waals surface area contributed by atoms with Crippen molar-refractivity contribution in [1.29, 1.82) is 0 Å². The van der Waals surface area contributed by atoms with Gasteiger partial charge in [-0.15, -0.1) is 34.4 Å². The molecule has 13 nitrogen and oxygen atoms in total. The molecule has 2 atom stereocenters. The molecule has 5 heterocycles. The molecule has 5 N–H and O–H groups in total. The summed E-state index contributed by atoms with van der Waals surface area (Å²) in [4.78, 5) is 53.1. The number of nitrogens with one attached hydrogen (secondary N) is 1. The molecule has 5 rings (SSSR count). The van der Waals surface area contributed by atoms with Crippen LogP contribution in [0.15, 0.2) is 56.1 Å². The van der Waals surface area contributed by atoms with Crippen molar-refractivity contribution in [1.82, 2.24) is 20.2 Å². The van der Waals surface area contributed by atoms with Gasteiger partial charge in [-0.25, -0.2) is 19.3 Å². The molecule has 0 saturated carbocycles. The lowest BCUT2D eigenvalue weighted by Gasteiger charge is -2.49. The van der Waals surface area contributed by atoms with Gasteiger partial charge in [-0.3, -0.25) is 14.5 Å². The smallest absolute Gasteiger partial charge is 0.352 e. The molecule has 0 spiro atoms. The Bertz CT molecular complexity index is 1550. The molecule has 2 amide bonds. The lowest BCUT2D eigenvalue weighted by molar-refractivity contribution is -0.688. The number of aromatic nitrogens is 3. The van der Waals surface area contributed by atoms with Gasteiger partial charge in [0.15, 0.2) is 34.1 Å². The van der Waals surface area contributed by atoms with E-state index < -0.39 is 29.2 Å². The summed E-state index contributed by atoms with van der Waals surface area (Å²) in [7, 11) is 1.28. The second-order valence-electron chi connectivity index (χ2n) is 8.65. The Morgan fingerprint density at radius 1 is 1.34 bits per heavy atom. The summed E-state index contributed by atoms with van der Waals surface area (Å²) >= 11 is 5.46. The molecule has 1 fully saturated rings. The zero-order chi connectivity index (χ0) is 29.1. The SMILES string of the molecule is CO/N=C(\C(=O)NC1C(=O)N2C(C(=O)O)=C(C[n+]3cccc(-c4csc(SCCO)n4)c3)CSC12)c1csc(N)n1. The second kappa shape index (κ2) is 12.6. The quantitative estimate of drug-likeness (QED) is 0.0776. The Kier molecular flexibility index (Phi) is 8.88. The molecular weight excluding hydrogens is 611 g/mol. The lowest BCUT2D eigenvalue weighted by atomic mass is 10.0. The van der Waals surface area contributed by atoms with Crippen LogP contribution in [-0.4, -0.2) is 85.2 Å². The number of thioether (sulfide) groups is 2. The van der Waals surface area contributed by atoms with E-state index in [1.165, 1.54) is 46.9 Å². The lowest BCUT2D eigenvalue weighted by Crippen LogP contribution is -2.71. The first-order chi connectivity index (χ1) is 19.8. The first kappa shape index (κ1) is 29.0. The third kappa shape index (κ3) is 6.08. The van der Waals surface area contributed by atoms with Crippen LogP contribution in [0.4, 0.5) is 5.13 Å². The third-order valence-corrected chi connectivity index (χ3v) is 10.0. The van der Waals surface area contributed by atoms with E-state index >= 15 is 0 Å². The zero-order valence-corrected chi connectivity index (χ0v) is 24.7. The van der Waals surface area contributed by atoms with Crippen LogP contribution in [0, 0.1) is 0 Å². The van der Waals surface area contributed by atoms with Crippen LogP contribution in [0.3, 0.4) is 0 Å². The van der Waals surface area contributed by atoms with E-state index in [0.717, 1.165) is 26.9 Å². The van der Waals surface area contributed by atoms with Crippen LogP contribution in [0.2, 0.25) is 0 Å². The molecule has 41 heavy (non-hydrogen) atoms. The number of oxime groups is 1. The fourth-order valence-corrected chi connectivity index (χ4v) is 7.82. The molecule has 0 radical (unpaired) electrons. The molecular formula is C24H24N7O6S4+. The van der Waals surface area contributed by atoms with Gasteiger partial charge in [0.05, 0.1) is 17.9 Å². The first-order valence-electron chi connectivity index (χ1n) is 12.0. The summed E-state index contributed by atoms with van der Waals surface area (Å²) in [6.45, 7) is 0.324. The number of fused-ring (bicyclic) bond motifs is 1. The van der Waals surface area contributed by atoms with Crippen LogP contribution in [0.1, 0.15) is 5.69 Å². The minimum atomic E-state index is -1.22. The number of carbonyl (C=O) groups is 3. The Labute approximate surface area is 250 Å². The number of amides is 2. The highest BCUT2D eigenvalue weighted by Gasteiger charge is 2.54. The molecule has 2 aliphatic heterocycles. The number of nitrogen functional groups attached to an aromatic ring is 1. The predicted molar refractivity (Wildman–Crippen MR) is 155 cm³/mol. The Balaban J connectivity index is 1.32. The van der Waals surface area contributed by atoms with Gasteiger partial charge in [-0.1, -0.05) is 16.9 Å². The van der Waals surface area contributed by atoms with Crippen LogP contribution >= 0.6 is 46.2 Å². The highest BCUT2D eigenvalue weighted by atomic mass is 32.2. The Hall–Kier alpha value is -3.51. The minimum Gasteiger partial charge on any atom is -0.477 e.